The van der Waals surface area contributed by atoms with Crippen molar-refractivity contribution in [3.05, 3.63) is 39.3 Å². The third-order valence-electron chi connectivity index (χ3n) is 3.20. The number of thiophene rings is 1. The van der Waals surface area contributed by atoms with Crippen LogP contribution >= 0.6 is 22.9 Å². The molecule has 0 aliphatic rings. The topological polar surface area (TPSA) is 90.3 Å². The zero-order valence-electron chi connectivity index (χ0n) is 13.1. The molecule has 2 rings (SSSR count). The first-order valence-corrected chi connectivity index (χ1v) is 8.25. The van der Waals surface area contributed by atoms with Crippen molar-refractivity contribution in [3.8, 4) is 0 Å². The molecule has 128 valence electrons. The Morgan fingerprint density at radius 1 is 1.33 bits per heavy atom. The number of aryl methyl sites for hydroxylation is 1. The quantitative estimate of drug-likeness (QED) is 0.596. The molecule has 2 aromatic rings. The molecule has 2 heterocycles. The van der Waals surface area contributed by atoms with Crippen LogP contribution in [-0.4, -0.2) is 34.6 Å². The van der Waals surface area contributed by atoms with E-state index >= 15 is 0 Å². The van der Waals surface area contributed by atoms with Gasteiger partial charge in [0.15, 0.2) is 11.8 Å². The Morgan fingerprint density at radius 2 is 2.08 bits per heavy atom. The minimum atomic E-state index is -1.00. The Bertz CT molecular complexity index is 755. The standard InChI is InChI=1S/C15H16ClN3O4S/c1-19-8-7-9(18-19)14(15(22)23-2)17-13(21)6-3-10(20)11-4-5-12(16)24-11/h4-5,7-8,14H,3,6H2,1-2H3,(H,17,21). The number of carbonyl (C=O) groups excluding carboxylic acids is 3. The molecule has 0 aliphatic carbocycles. The monoisotopic (exact) mass is 369 g/mol. The summed E-state index contributed by atoms with van der Waals surface area (Å²) in [5, 5.41) is 6.65. The summed E-state index contributed by atoms with van der Waals surface area (Å²) in [5.41, 5.74) is 0.370. The van der Waals surface area contributed by atoms with Gasteiger partial charge in [-0.1, -0.05) is 11.6 Å². The summed E-state index contributed by atoms with van der Waals surface area (Å²) in [6.45, 7) is 0. The number of halogens is 1. The fourth-order valence-electron chi connectivity index (χ4n) is 2.01. The molecule has 1 unspecified atom stereocenters. The second-order valence-electron chi connectivity index (χ2n) is 4.96. The lowest BCUT2D eigenvalue weighted by Gasteiger charge is -2.14. The molecule has 1 atom stereocenters. The van der Waals surface area contributed by atoms with Gasteiger partial charge in [-0.2, -0.15) is 5.10 Å². The summed E-state index contributed by atoms with van der Waals surface area (Å²) in [6, 6.07) is 3.86. The van der Waals surface area contributed by atoms with Gasteiger partial charge in [-0.05, 0) is 18.2 Å². The number of esters is 1. The maximum atomic E-state index is 12.1. The predicted molar refractivity (Wildman–Crippen MR) is 89.0 cm³/mol. The number of ketones is 1. The first-order valence-electron chi connectivity index (χ1n) is 7.06. The third-order valence-corrected chi connectivity index (χ3v) is 4.47. The molecule has 9 heteroatoms. The van der Waals surface area contributed by atoms with Crippen LogP contribution in [0.3, 0.4) is 0 Å². The van der Waals surface area contributed by atoms with Crippen LogP contribution in [0.25, 0.3) is 0 Å². The lowest BCUT2D eigenvalue weighted by Crippen LogP contribution is -2.35. The fourth-order valence-corrected chi connectivity index (χ4v) is 3.02. The van der Waals surface area contributed by atoms with Crippen LogP contribution in [0.4, 0.5) is 0 Å². The highest BCUT2D eigenvalue weighted by Crippen LogP contribution is 2.23. The van der Waals surface area contributed by atoms with E-state index in [1.807, 2.05) is 0 Å². The zero-order valence-corrected chi connectivity index (χ0v) is 14.7. The van der Waals surface area contributed by atoms with Crippen LogP contribution in [0, 0.1) is 0 Å². The lowest BCUT2D eigenvalue weighted by molar-refractivity contribution is -0.145. The van der Waals surface area contributed by atoms with E-state index in [9.17, 15) is 14.4 Å². The fraction of sp³-hybridized carbons (Fsp3) is 0.333. The van der Waals surface area contributed by atoms with E-state index in [0.717, 1.165) is 0 Å². The van der Waals surface area contributed by atoms with Gasteiger partial charge in [-0.3, -0.25) is 14.3 Å². The average molecular weight is 370 g/mol. The van der Waals surface area contributed by atoms with Crippen molar-refractivity contribution >= 4 is 40.6 Å². The van der Waals surface area contributed by atoms with Gasteiger partial charge in [0, 0.05) is 26.1 Å². The average Bonchev–Trinajstić information content (AvgIpc) is 3.18. The number of amides is 1. The number of ether oxygens (including phenoxy) is 1. The van der Waals surface area contributed by atoms with E-state index in [0.29, 0.717) is 14.9 Å². The van der Waals surface area contributed by atoms with E-state index in [1.54, 1.807) is 31.4 Å². The number of hydrogen-bond donors (Lipinski definition) is 1. The minimum absolute atomic E-state index is 0.0266. The third kappa shape index (κ3) is 4.65. The molecule has 0 radical (unpaired) electrons. The van der Waals surface area contributed by atoms with Crippen LogP contribution in [0.15, 0.2) is 24.4 Å². The summed E-state index contributed by atoms with van der Waals surface area (Å²) in [6.07, 6.45) is 1.63. The highest BCUT2D eigenvalue weighted by molar-refractivity contribution is 7.18. The Labute approximate surface area is 147 Å². The van der Waals surface area contributed by atoms with Crippen molar-refractivity contribution in [1.29, 1.82) is 0 Å². The number of methoxy groups -OCH3 is 1. The molecule has 7 nitrogen and oxygen atoms in total. The van der Waals surface area contributed by atoms with E-state index in [2.05, 4.69) is 10.4 Å². The number of nitrogens with one attached hydrogen (secondary N) is 1. The number of carbonyl (C=O) groups is 3. The predicted octanol–water partition coefficient (Wildman–Crippen LogP) is 2.13. The van der Waals surface area contributed by atoms with E-state index in [-0.39, 0.29) is 18.6 Å². The number of hydrogen-bond acceptors (Lipinski definition) is 6. The molecule has 24 heavy (non-hydrogen) atoms. The highest BCUT2D eigenvalue weighted by atomic mass is 35.5. The molecule has 1 amide bonds. The van der Waals surface area contributed by atoms with Gasteiger partial charge in [0.2, 0.25) is 5.91 Å². The highest BCUT2D eigenvalue weighted by Gasteiger charge is 2.26. The Morgan fingerprint density at radius 3 is 2.62 bits per heavy atom. The van der Waals surface area contributed by atoms with E-state index in [4.69, 9.17) is 16.3 Å². The summed E-state index contributed by atoms with van der Waals surface area (Å²) >= 11 is 6.95. The molecule has 2 aromatic heterocycles. The minimum Gasteiger partial charge on any atom is -0.467 e. The Kier molecular flexibility index (Phi) is 6.10. The van der Waals surface area contributed by atoms with Gasteiger partial charge in [-0.15, -0.1) is 11.3 Å². The maximum Gasteiger partial charge on any atom is 0.334 e. The van der Waals surface area contributed by atoms with Gasteiger partial charge in [-0.25, -0.2) is 4.79 Å². The Hall–Kier alpha value is -2.19. The second kappa shape index (κ2) is 8.07. The Balaban J connectivity index is 1.95. The smallest absolute Gasteiger partial charge is 0.334 e. The van der Waals surface area contributed by atoms with Crippen molar-refractivity contribution in [2.24, 2.45) is 7.05 Å². The number of aromatic nitrogens is 2. The molecule has 0 bridgehead atoms. The molecule has 0 saturated heterocycles. The van der Waals surface area contributed by atoms with Crippen LogP contribution in [0.2, 0.25) is 4.34 Å². The largest absolute Gasteiger partial charge is 0.467 e. The molecule has 0 spiro atoms. The zero-order chi connectivity index (χ0) is 17.7. The van der Waals surface area contributed by atoms with Gasteiger partial charge >= 0.3 is 5.97 Å². The van der Waals surface area contributed by atoms with Crippen LogP contribution < -0.4 is 5.32 Å². The summed E-state index contributed by atoms with van der Waals surface area (Å²) in [7, 11) is 2.93. The van der Waals surface area contributed by atoms with E-state index < -0.39 is 17.9 Å². The van der Waals surface area contributed by atoms with Crippen LogP contribution in [0.1, 0.15) is 34.2 Å². The first-order chi connectivity index (χ1) is 11.4. The molecular formula is C15H16ClN3O4S. The normalized spacial score (nSPS) is 11.8. The SMILES string of the molecule is COC(=O)C(NC(=O)CCC(=O)c1ccc(Cl)s1)c1ccn(C)n1. The molecule has 0 saturated carbocycles. The number of nitrogens with zero attached hydrogens (tertiary/aromatic N) is 2. The number of rotatable bonds is 7. The van der Waals surface area contributed by atoms with Crippen LogP contribution in [0.5, 0.6) is 0 Å². The van der Waals surface area contributed by atoms with Crippen molar-refractivity contribution in [2.75, 3.05) is 7.11 Å². The summed E-state index contributed by atoms with van der Waals surface area (Å²) < 4.78 is 6.72. The molecule has 1 N–H and O–H groups in total. The molecule has 0 aromatic carbocycles. The van der Waals surface area contributed by atoms with Gasteiger partial charge in [0.1, 0.15) is 0 Å². The van der Waals surface area contributed by atoms with Gasteiger partial charge in [0.25, 0.3) is 0 Å². The van der Waals surface area contributed by atoms with Crippen molar-refractivity contribution in [3.63, 3.8) is 0 Å². The van der Waals surface area contributed by atoms with Crippen molar-refractivity contribution in [2.45, 2.75) is 18.9 Å². The number of Topliss-reactive ketones (excluding diaryl/α,β-unsaturated/α-hetero) is 1. The van der Waals surface area contributed by atoms with Gasteiger partial charge < -0.3 is 10.1 Å². The summed E-state index contributed by atoms with van der Waals surface area (Å²) in [5.74, 6) is -1.24. The van der Waals surface area contributed by atoms with Crippen molar-refractivity contribution < 1.29 is 19.1 Å². The molecular weight excluding hydrogens is 354 g/mol. The lowest BCUT2D eigenvalue weighted by atomic mass is 10.1. The van der Waals surface area contributed by atoms with Crippen molar-refractivity contribution in [1.82, 2.24) is 15.1 Å². The van der Waals surface area contributed by atoms with Gasteiger partial charge in [0.05, 0.1) is 22.0 Å². The first kappa shape index (κ1) is 18.2. The molecule has 0 aliphatic heterocycles. The maximum absolute atomic E-state index is 12.1. The summed E-state index contributed by atoms with van der Waals surface area (Å²) in [4.78, 5) is 36.4. The van der Waals surface area contributed by atoms with Crippen LogP contribution in [-0.2, 0) is 21.4 Å². The second-order valence-corrected chi connectivity index (χ2v) is 6.68. The molecule has 0 fully saturated rings. The van der Waals surface area contributed by atoms with E-state index in [1.165, 1.54) is 23.1 Å².